The Kier molecular flexibility index (Phi) is 4.86. The molecular formula is C20H25N5O. The topological polar surface area (TPSA) is 67.9 Å². The number of nitrogens with one attached hydrogen (secondary N) is 1. The number of benzene rings is 1. The average Bonchev–Trinajstić information content (AvgIpc) is 3.36. The van der Waals surface area contributed by atoms with Crippen molar-refractivity contribution in [1.82, 2.24) is 24.9 Å². The van der Waals surface area contributed by atoms with Crippen LogP contribution in [0.1, 0.15) is 18.4 Å². The first-order valence-corrected chi connectivity index (χ1v) is 9.16. The number of aryl methyl sites for hydroxylation is 1. The van der Waals surface area contributed by atoms with Crippen LogP contribution in [0.4, 0.5) is 0 Å². The average molecular weight is 351 g/mol. The summed E-state index contributed by atoms with van der Waals surface area (Å²) in [5.74, 6) is 0.453. The smallest absolute Gasteiger partial charge is 0.0696 e. The molecule has 2 aromatic heterocycles. The summed E-state index contributed by atoms with van der Waals surface area (Å²) < 4.78 is 3.85. The van der Waals surface area contributed by atoms with E-state index >= 15 is 0 Å². The van der Waals surface area contributed by atoms with E-state index in [2.05, 4.69) is 39.8 Å². The Bertz CT molecular complexity index is 842. The van der Waals surface area contributed by atoms with Gasteiger partial charge in [-0.2, -0.15) is 10.2 Å². The van der Waals surface area contributed by atoms with E-state index in [1.165, 1.54) is 11.1 Å². The third kappa shape index (κ3) is 3.57. The molecule has 26 heavy (non-hydrogen) atoms. The van der Waals surface area contributed by atoms with Gasteiger partial charge in [-0.05, 0) is 36.5 Å². The van der Waals surface area contributed by atoms with E-state index in [9.17, 15) is 5.11 Å². The number of nitrogens with zero attached hydrogens (tertiary/aromatic N) is 4. The van der Waals surface area contributed by atoms with Crippen LogP contribution in [-0.4, -0.2) is 36.8 Å². The van der Waals surface area contributed by atoms with Crippen LogP contribution in [0.15, 0.2) is 55.0 Å². The van der Waals surface area contributed by atoms with Crippen molar-refractivity contribution >= 4 is 0 Å². The Morgan fingerprint density at radius 1 is 1.12 bits per heavy atom. The van der Waals surface area contributed by atoms with Crippen molar-refractivity contribution < 1.29 is 5.11 Å². The summed E-state index contributed by atoms with van der Waals surface area (Å²) >= 11 is 0. The summed E-state index contributed by atoms with van der Waals surface area (Å²) in [4.78, 5) is 0. The molecule has 3 aromatic rings. The van der Waals surface area contributed by atoms with Gasteiger partial charge >= 0.3 is 0 Å². The molecular weight excluding hydrogens is 326 g/mol. The molecule has 0 radical (unpaired) electrons. The maximum Gasteiger partial charge on any atom is 0.0696 e. The first-order valence-electron chi connectivity index (χ1n) is 9.16. The highest BCUT2D eigenvalue weighted by Gasteiger charge is 2.32. The zero-order chi connectivity index (χ0) is 17.9. The second kappa shape index (κ2) is 7.43. The molecule has 3 atom stereocenters. The second-order valence-corrected chi connectivity index (χ2v) is 7.12. The minimum atomic E-state index is -0.306. The Morgan fingerprint density at radius 3 is 2.77 bits per heavy atom. The highest BCUT2D eigenvalue weighted by Crippen LogP contribution is 2.28. The van der Waals surface area contributed by atoms with Crippen LogP contribution in [0.25, 0.3) is 11.3 Å². The van der Waals surface area contributed by atoms with Crippen molar-refractivity contribution in [2.75, 3.05) is 0 Å². The number of aliphatic hydroxyl groups excluding tert-OH is 1. The van der Waals surface area contributed by atoms with E-state index < -0.39 is 0 Å². The largest absolute Gasteiger partial charge is 0.391 e. The monoisotopic (exact) mass is 351 g/mol. The van der Waals surface area contributed by atoms with Gasteiger partial charge in [-0.1, -0.05) is 24.3 Å². The zero-order valence-electron chi connectivity index (χ0n) is 15.0. The molecule has 2 heterocycles. The normalized spacial score (nSPS) is 22.8. The predicted molar refractivity (Wildman–Crippen MR) is 100 cm³/mol. The quantitative estimate of drug-likeness (QED) is 0.714. The van der Waals surface area contributed by atoms with Gasteiger partial charge in [0, 0.05) is 50.3 Å². The van der Waals surface area contributed by atoms with E-state index in [1.807, 2.05) is 40.9 Å². The van der Waals surface area contributed by atoms with Gasteiger partial charge in [0.25, 0.3) is 0 Å². The van der Waals surface area contributed by atoms with E-state index in [0.717, 1.165) is 31.6 Å². The van der Waals surface area contributed by atoms with Crippen LogP contribution in [0.2, 0.25) is 0 Å². The minimum absolute atomic E-state index is 0.121. The van der Waals surface area contributed by atoms with Crippen molar-refractivity contribution in [1.29, 1.82) is 0 Å². The van der Waals surface area contributed by atoms with Crippen LogP contribution in [0.5, 0.6) is 0 Å². The van der Waals surface area contributed by atoms with E-state index in [4.69, 9.17) is 0 Å². The van der Waals surface area contributed by atoms with Crippen molar-refractivity contribution in [2.24, 2.45) is 13.0 Å². The molecule has 4 rings (SSSR count). The first kappa shape index (κ1) is 17.0. The van der Waals surface area contributed by atoms with Gasteiger partial charge in [-0.3, -0.25) is 9.36 Å². The Morgan fingerprint density at radius 2 is 2.00 bits per heavy atom. The van der Waals surface area contributed by atoms with Crippen LogP contribution < -0.4 is 5.32 Å². The fourth-order valence-electron chi connectivity index (χ4n) is 3.96. The number of rotatable bonds is 6. The van der Waals surface area contributed by atoms with Gasteiger partial charge in [0.2, 0.25) is 0 Å². The Labute approximate surface area is 153 Å². The SMILES string of the molecule is Cn1nccc1-c1ccccc1CN[C@@H]1CC(Cn2cccn2)C[C@H]1O. The summed E-state index contributed by atoms with van der Waals surface area (Å²) in [6.07, 6.45) is 7.09. The maximum absolute atomic E-state index is 10.5. The molecule has 1 aliphatic rings. The molecule has 6 nitrogen and oxygen atoms in total. The third-order valence-corrected chi connectivity index (χ3v) is 5.30. The summed E-state index contributed by atoms with van der Waals surface area (Å²) in [6.45, 7) is 1.60. The van der Waals surface area contributed by atoms with Crippen LogP contribution in [0.3, 0.4) is 0 Å². The second-order valence-electron chi connectivity index (χ2n) is 7.12. The Hall–Kier alpha value is -2.44. The summed E-state index contributed by atoms with van der Waals surface area (Å²) in [5, 5.41) is 22.6. The van der Waals surface area contributed by atoms with Crippen molar-refractivity contribution in [3.05, 3.63) is 60.6 Å². The van der Waals surface area contributed by atoms with E-state index in [0.29, 0.717) is 5.92 Å². The van der Waals surface area contributed by atoms with E-state index in [-0.39, 0.29) is 12.1 Å². The summed E-state index contributed by atoms with van der Waals surface area (Å²) in [6, 6.07) is 12.5. The van der Waals surface area contributed by atoms with Crippen molar-refractivity contribution in [3.63, 3.8) is 0 Å². The van der Waals surface area contributed by atoms with Crippen LogP contribution in [-0.2, 0) is 20.1 Å². The summed E-state index contributed by atoms with van der Waals surface area (Å²) in [7, 11) is 1.96. The molecule has 1 aliphatic carbocycles. The molecule has 1 unspecified atom stereocenters. The highest BCUT2D eigenvalue weighted by atomic mass is 16.3. The lowest BCUT2D eigenvalue weighted by Gasteiger charge is -2.18. The van der Waals surface area contributed by atoms with Gasteiger partial charge in [-0.25, -0.2) is 0 Å². The predicted octanol–water partition coefficient (Wildman–Crippen LogP) is 2.21. The lowest BCUT2D eigenvalue weighted by Crippen LogP contribution is -2.35. The van der Waals surface area contributed by atoms with Gasteiger partial charge in [-0.15, -0.1) is 0 Å². The highest BCUT2D eigenvalue weighted by molar-refractivity contribution is 5.63. The van der Waals surface area contributed by atoms with Crippen molar-refractivity contribution in [2.45, 2.75) is 38.1 Å². The lowest BCUT2D eigenvalue weighted by molar-refractivity contribution is 0.145. The minimum Gasteiger partial charge on any atom is -0.391 e. The number of aliphatic hydroxyl groups is 1. The standard InChI is InChI=1S/C20H25N5O/c1-24-19(7-9-22-24)17-6-3-2-5-16(17)13-21-18-11-15(12-20(18)26)14-25-10-4-8-23-25/h2-10,15,18,20-21,26H,11-14H2,1H3/t15?,18-,20-/m1/s1. The molecule has 1 saturated carbocycles. The van der Waals surface area contributed by atoms with Gasteiger partial charge in [0.15, 0.2) is 0 Å². The number of aromatic nitrogens is 4. The molecule has 1 aromatic carbocycles. The molecule has 0 aliphatic heterocycles. The fourth-order valence-corrected chi connectivity index (χ4v) is 3.96. The fraction of sp³-hybridized carbons (Fsp3) is 0.400. The lowest BCUT2D eigenvalue weighted by atomic mass is 10.0. The van der Waals surface area contributed by atoms with Gasteiger partial charge < -0.3 is 10.4 Å². The molecule has 0 saturated heterocycles. The molecule has 0 bridgehead atoms. The van der Waals surface area contributed by atoms with Gasteiger partial charge in [0.1, 0.15) is 0 Å². The third-order valence-electron chi connectivity index (χ3n) is 5.30. The molecule has 136 valence electrons. The molecule has 0 amide bonds. The molecule has 6 heteroatoms. The first-order chi connectivity index (χ1) is 12.7. The van der Waals surface area contributed by atoms with Crippen LogP contribution >= 0.6 is 0 Å². The van der Waals surface area contributed by atoms with E-state index in [1.54, 1.807) is 6.20 Å². The van der Waals surface area contributed by atoms with Gasteiger partial charge in [0.05, 0.1) is 11.8 Å². The Balaban J connectivity index is 1.41. The number of hydrogen-bond donors (Lipinski definition) is 2. The molecule has 2 N–H and O–H groups in total. The molecule has 0 spiro atoms. The maximum atomic E-state index is 10.5. The number of hydrogen-bond acceptors (Lipinski definition) is 4. The summed E-state index contributed by atoms with van der Waals surface area (Å²) in [5.41, 5.74) is 3.50. The van der Waals surface area contributed by atoms with Crippen LogP contribution in [0, 0.1) is 5.92 Å². The zero-order valence-corrected chi connectivity index (χ0v) is 15.0. The molecule has 1 fully saturated rings. The van der Waals surface area contributed by atoms with Crippen molar-refractivity contribution in [3.8, 4) is 11.3 Å².